The number of para-hydroxylation sites is 1. The fourth-order valence-electron chi connectivity index (χ4n) is 2.11. The zero-order valence-corrected chi connectivity index (χ0v) is 17.2. The predicted octanol–water partition coefficient (Wildman–Crippen LogP) is 6.36. The molecule has 26 heavy (non-hydrogen) atoms. The Morgan fingerprint density at radius 1 is 1.04 bits per heavy atom. The van der Waals surface area contributed by atoms with Crippen molar-refractivity contribution in [3.8, 4) is 0 Å². The fraction of sp³-hybridized carbons (Fsp3) is 0.391. The van der Waals surface area contributed by atoms with Crippen molar-refractivity contribution in [2.45, 2.75) is 54.4 Å². The molecule has 2 rings (SSSR count). The highest BCUT2D eigenvalue weighted by Gasteiger charge is 2.14. The fourth-order valence-corrected chi connectivity index (χ4v) is 2.11. The highest BCUT2D eigenvalue weighted by Crippen LogP contribution is 2.17. The summed E-state index contributed by atoms with van der Waals surface area (Å²) < 4.78 is 0. The van der Waals surface area contributed by atoms with Crippen LogP contribution < -0.4 is 5.32 Å². The van der Waals surface area contributed by atoms with Gasteiger partial charge >= 0.3 is 0 Å². The molecule has 0 radical (unpaired) electrons. The second kappa shape index (κ2) is 14.9. The first-order chi connectivity index (χ1) is 12.7. The molecule has 1 aromatic carbocycles. The summed E-state index contributed by atoms with van der Waals surface area (Å²) in [7, 11) is 0. The highest BCUT2D eigenvalue weighted by atomic mass is 16.1. The maximum Gasteiger partial charge on any atom is 0.255 e. The summed E-state index contributed by atoms with van der Waals surface area (Å²) in [6, 6.07) is 9.45. The average Bonchev–Trinajstić information content (AvgIpc) is 2.66. The summed E-state index contributed by atoms with van der Waals surface area (Å²) in [5, 5.41) is 2.89. The molecule has 0 atom stereocenters. The molecule has 1 N–H and O–H groups in total. The number of carbonyl (C=O) groups excluding carboxylic acids is 1. The summed E-state index contributed by atoms with van der Waals surface area (Å²) in [6.07, 6.45) is 9.96. The molecule has 0 saturated heterocycles. The van der Waals surface area contributed by atoms with Gasteiger partial charge in [0, 0.05) is 17.8 Å². The van der Waals surface area contributed by atoms with Crippen molar-refractivity contribution in [2.24, 2.45) is 4.99 Å². The Morgan fingerprint density at radius 3 is 2.19 bits per heavy atom. The molecule has 0 aromatic heterocycles. The van der Waals surface area contributed by atoms with Gasteiger partial charge in [0.25, 0.3) is 5.91 Å². The SMILES string of the molecule is CC.CC/C=C1/C=CC(C(=O)Nc2ccccc2)=CC1=NCC.CCC. The average molecular weight is 355 g/mol. The van der Waals surface area contributed by atoms with Gasteiger partial charge in [0.15, 0.2) is 0 Å². The first kappa shape index (κ1) is 23.6. The Kier molecular flexibility index (Phi) is 13.5. The molecule has 0 spiro atoms. The Balaban J connectivity index is 0.00000113. The molecule has 3 heteroatoms. The second-order valence-electron chi connectivity index (χ2n) is 5.39. The predicted molar refractivity (Wildman–Crippen MR) is 116 cm³/mol. The van der Waals surface area contributed by atoms with Crippen LogP contribution in [-0.4, -0.2) is 18.2 Å². The quantitative estimate of drug-likeness (QED) is 0.671. The van der Waals surface area contributed by atoms with E-state index in [0.717, 1.165) is 23.4 Å². The first-order valence-corrected chi connectivity index (χ1v) is 9.67. The third kappa shape index (κ3) is 8.61. The lowest BCUT2D eigenvalue weighted by Gasteiger charge is -2.12. The number of aliphatic imine (C=N–C) groups is 1. The number of allylic oxidation sites excluding steroid dienone is 4. The number of benzene rings is 1. The van der Waals surface area contributed by atoms with E-state index in [9.17, 15) is 4.79 Å². The van der Waals surface area contributed by atoms with Gasteiger partial charge in [0.2, 0.25) is 0 Å². The summed E-state index contributed by atoms with van der Waals surface area (Å²) >= 11 is 0. The molecule has 1 aliphatic carbocycles. The van der Waals surface area contributed by atoms with E-state index in [2.05, 4.69) is 37.2 Å². The van der Waals surface area contributed by atoms with Gasteiger partial charge in [-0.15, -0.1) is 0 Å². The molecular formula is C23H34N2O. The molecule has 0 aliphatic heterocycles. The number of hydrogen-bond donors (Lipinski definition) is 1. The summed E-state index contributed by atoms with van der Waals surface area (Å²) in [5.41, 5.74) is 3.37. The van der Waals surface area contributed by atoms with Crippen LogP contribution in [-0.2, 0) is 4.79 Å². The van der Waals surface area contributed by atoms with E-state index < -0.39 is 0 Å². The van der Waals surface area contributed by atoms with Crippen LogP contribution in [0.3, 0.4) is 0 Å². The number of anilines is 1. The van der Waals surface area contributed by atoms with Gasteiger partial charge in [-0.05, 0) is 43.2 Å². The highest BCUT2D eigenvalue weighted by molar-refractivity contribution is 6.18. The third-order valence-electron chi connectivity index (χ3n) is 3.08. The second-order valence-corrected chi connectivity index (χ2v) is 5.39. The minimum atomic E-state index is -0.114. The topological polar surface area (TPSA) is 41.5 Å². The van der Waals surface area contributed by atoms with Crippen molar-refractivity contribution in [3.05, 3.63) is 65.8 Å². The van der Waals surface area contributed by atoms with Crippen LogP contribution in [0.2, 0.25) is 0 Å². The standard InChI is InChI=1S/C18H20N2O.C3H8.C2H6/c1-3-8-14-11-12-15(13-17(14)19-4-2)18(21)20-16-9-6-5-7-10-16;1-3-2;1-2/h5-13H,3-4H2,1-2H3,(H,20,21);3H2,1-2H3;1-2H3/b14-8-,19-17?;;. The van der Waals surface area contributed by atoms with Gasteiger partial charge < -0.3 is 5.32 Å². The lowest BCUT2D eigenvalue weighted by molar-refractivity contribution is -0.112. The van der Waals surface area contributed by atoms with Crippen molar-refractivity contribution in [1.29, 1.82) is 0 Å². The third-order valence-corrected chi connectivity index (χ3v) is 3.08. The van der Waals surface area contributed by atoms with Gasteiger partial charge in [-0.3, -0.25) is 9.79 Å². The van der Waals surface area contributed by atoms with Gasteiger partial charge in [-0.1, -0.05) is 71.4 Å². The molecular weight excluding hydrogens is 320 g/mol. The largest absolute Gasteiger partial charge is 0.322 e. The van der Waals surface area contributed by atoms with Crippen LogP contribution >= 0.6 is 0 Å². The molecule has 0 bridgehead atoms. The van der Waals surface area contributed by atoms with Crippen LogP contribution in [0.5, 0.6) is 0 Å². The van der Waals surface area contributed by atoms with Crippen LogP contribution in [0, 0.1) is 0 Å². The number of hydrogen-bond acceptors (Lipinski definition) is 2. The van der Waals surface area contributed by atoms with E-state index in [-0.39, 0.29) is 5.91 Å². The van der Waals surface area contributed by atoms with Crippen molar-refractivity contribution in [2.75, 3.05) is 11.9 Å². The van der Waals surface area contributed by atoms with Crippen molar-refractivity contribution in [3.63, 3.8) is 0 Å². The normalized spacial score (nSPS) is 15.4. The van der Waals surface area contributed by atoms with Crippen LogP contribution in [0.4, 0.5) is 5.69 Å². The summed E-state index contributed by atoms with van der Waals surface area (Å²) in [4.78, 5) is 16.7. The molecule has 1 amide bonds. The Morgan fingerprint density at radius 2 is 1.65 bits per heavy atom. The van der Waals surface area contributed by atoms with E-state index >= 15 is 0 Å². The number of nitrogens with one attached hydrogen (secondary N) is 1. The van der Waals surface area contributed by atoms with Gasteiger partial charge in [-0.2, -0.15) is 0 Å². The van der Waals surface area contributed by atoms with Crippen LogP contribution in [0.1, 0.15) is 54.4 Å². The molecule has 1 aliphatic rings. The minimum absolute atomic E-state index is 0.114. The Labute approximate surface area is 159 Å². The van der Waals surface area contributed by atoms with E-state index in [1.54, 1.807) is 0 Å². The van der Waals surface area contributed by atoms with Crippen molar-refractivity contribution >= 4 is 17.3 Å². The maximum atomic E-state index is 12.3. The van der Waals surface area contributed by atoms with E-state index in [1.165, 1.54) is 6.42 Å². The summed E-state index contributed by atoms with van der Waals surface area (Å²) in [5.74, 6) is -0.114. The van der Waals surface area contributed by atoms with E-state index in [1.807, 2.05) is 69.3 Å². The minimum Gasteiger partial charge on any atom is -0.322 e. The van der Waals surface area contributed by atoms with Gasteiger partial charge in [-0.25, -0.2) is 0 Å². The van der Waals surface area contributed by atoms with Crippen LogP contribution in [0.15, 0.2) is 70.8 Å². The maximum absolute atomic E-state index is 12.3. The smallest absolute Gasteiger partial charge is 0.255 e. The monoisotopic (exact) mass is 354 g/mol. The zero-order chi connectivity index (χ0) is 19.8. The lowest BCUT2D eigenvalue weighted by Crippen LogP contribution is -2.17. The van der Waals surface area contributed by atoms with Crippen molar-refractivity contribution < 1.29 is 4.79 Å². The summed E-state index contributed by atoms with van der Waals surface area (Å²) in [6.45, 7) is 13.0. The first-order valence-electron chi connectivity index (χ1n) is 9.67. The molecule has 0 heterocycles. The number of carbonyl (C=O) groups is 1. The molecule has 0 saturated carbocycles. The molecule has 3 nitrogen and oxygen atoms in total. The molecule has 142 valence electrons. The number of amides is 1. The van der Waals surface area contributed by atoms with Crippen molar-refractivity contribution in [1.82, 2.24) is 0 Å². The zero-order valence-electron chi connectivity index (χ0n) is 17.2. The van der Waals surface area contributed by atoms with Crippen LogP contribution in [0.25, 0.3) is 0 Å². The molecule has 0 unspecified atom stereocenters. The van der Waals surface area contributed by atoms with Gasteiger partial charge in [0.1, 0.15) is 0 Å². The number of nitrogens with zero attached hydrogens (tertiary/aromatic N) is 1. The van der Waals surface area contributed by atoms with Gasteiger partial charge in [0.05, 0.1) is 5.71 Å². The Hall–Kier alpha value is -2.42. The van der Waals surface area contributed by atoms with E-state index in [4.69, 9.17) is 0 Å². The lowest BCUT2D eigenvalue weighted by atomic mass is 9.98. The van der Waals surface area contributed by atoms with E-state index in [0.29, 0.717) is 12.1 Å². The Bertz CT molecular complexity index is 637. The molecule has 1 aromatic rings. The molecule has 0 fully saturated rings. The number of rotatable bonds is 4.